The Morgan fingerprint density at radius 3 is 2.62 bits per heavy atom. The van der Waals surface area contributed by atoms with E-state index in [1.165, 1.54) is 4.90 Å². The number of aromatic nitrogens is 2. The van der Waals surface area contributed by atoms with Gasteiger partial charge in [-0.15, -0.1) is 23.5 Å². The van der Waals surface area contributed by atoms with Crippen molar-refractivity contribution in [3.05, 3.63) is 78.1 Å². The van der Waals surface area contributed by atoms with Gasteiger partial charge in [0.05, 0.1) is 16.8 Å². The van der Waals surface area contributed by atoms with E-state index < -0.39 is 0 Å². The molecule has 0 N–H and O–H groups in total. The Hall–Kier alpha value is -2.35. The molecule has 2 aromatic heterocycles. The van der Waals surface area contributed by atoms with Crippen LogP contribution in [0.15, 0.2) is 76.8 Å². The van der Waals surface area contributed by atoms with Crippen LogP contribution in [0.2, 0.25) is 0 Å². The molecule has 0 bridgehead atoms. The van der Waals surface area contributed by atoms with Gasteiger partial charge in [-0.25, -0.2) is 4.98 Å². The highest BCUT2D eigenvalue weighted by atomic mass is 32.2. The lowest BCUT2D eigenvalue weighted by Crippen LogP contribution is -2.30. The van der Waals surface area contributed by atoms with Crippen LogP contribution < -0.4 is 4.90 Å². The monoisotopic (exact) mass is 437 g/mol. The molecule has 0 saturated carbocycles. The number of anilines is 1. The second kappa shape index (κ2) is 8.98. The van der Waals surface area contributed by atoms with Crippen LogP contribution in [-0.2, 0) is 6.54 Å². The van der Waals surface area contributed by atoms with Gasteiger partial charge < -0.3 is 0 Å². The van der Waals surface area contributed by atoms with Gasteiger partial charge in [-0.3, -0.25) is 14.7 Å². The SMILES string of the molecule is CSc1cccc(C(=O)N(Cc2cccnc2)c2nc3ccc(SC)cc3s2)c1. The van der Waals surface area contributed by atoms with Crippen LogP contribution in [0.4, 0.5) is 5.13 Å². The number of benzene rings is 2. The highest BCUT2D eigenvalue weighted by Gasteiger charge is 2.22. The highest BCUT2D eigenvalue weighted by Crippen LogP contribution is 2.33. The third-order valence-electron chi connectivity index (χ3n) is 4.44. The largest absolute Gasteiger partial charge is 0.279 e. The summed E-state index contributed by atoms with van der Waals surface area (Å²) in [4.78, 5) is 26.4. The van der Waals surface area contributed by atoms with Crippen LogP contribution >= 0.6 is 34.9 Å². The minimum Gasteiger partial charge on any atom is -0.279 e. The van der Waals surface area contributed by atoms with Gasteiger partial charge in [-0.2, -0.15) is 0 Å². The average Bonchev–Trinajstić information content (AvgIpc) is 3.20. The first kappa shape index (κ1) is 19.9. The van der Waals surface area contributed by atoms with Crippen molar-refractivity contribution in [3.63, 3.8) is 0 Å². The maximum absolute atomic E-state index is 13.5. The zero-order valence-corrected chi connectivity index (χ0v) is 18.5. The molecule has 29 heavy (non-hydrogen) atoms. The second-order valence-corrected chi connectivity index (χ2v) is 9.08. The van der Waals surface area contributed by atoms with Gasteiger partial charge in [0.2, 0.25) is 0 Å². The van der Waals surface area contributed by atoms with Crippen LogP contribution in [0.1, 0.15) is 15.9 Å². The Morgan fingerprint density at radius 2 is 1.86 bits per heavy atom. The maximum Gasteiger partial charge on any atom is 0.260 e. The second-order valence-electron chi connectivity index (χ2n) is 6.31. The predicted molar refractivity (Wildman–Crippen MR) is 124 cm³/mol. The summed E-state index contributed by atoms with van der Waals surface area (Å²) in [7, 11) is 0. The van der Waals surface area contributed by atoms with E-state index in [9.17, 15) is 4.79 Å². The van der Waals surface area contributed by atoms with Crippen LogP contribution in [0.5, 0.6) is 0 Å². The topological polar surface area (TPSA) is 46.1 Å². The molecule has 2 aromatic carbocycles. The molecule has 0 aliphatic rings. The Balaban J connectivity index is 1.76. The number of carbonyl (C=O) groups is 1. The average molecular weight is 438 g/mol. The van der Waals surface area contributed by atoms with Crippen molar-refractivity contribution in [1.82, 2.24) is 9.97 Å². The van der Waals surface area contributed by atoms with E-state index in [0.717, 1.165) is 20.7 Å². The highest BCUT2D eigenvalue weighted by molar-refractivity contribution is 7.98. The predicted octanol–water partition coefficient (Wildman–Crippen LogP) is 5.98. The molecule has 0 fully saturated rings. The molecule has 0 atom stereocenters. The molecule has 2 heterocycles. The molecule has 1 amide bonds. The lowest BCUT2D eigenvalue weighted by atomic mass is 10.2. The van der Waals surface area contributed by atoms with E-state index in [1.54, 1.807) is 52.2 Å². The molecule has 0 aliphatic heterocycles. The number of pyridine rings is 1. The lowest BCUT2D eigenvalue weighted by molar-refractivity contribution is 0.0985. The Kier molecular flexibility index (Phi) is 6.18. The Bertz CT molecular complexity index is 1140. The summed E-state index contributed by atoms with van der Waals surface area (Å²) in [5.41, 5.74) is 2.53. The minimum atomic E-state index is -0.0612. The van der Waals surface area contributed by atoms with Crippen LogP contribution in [0, 0.1) is 0 Å². The molecule has 146 valence electrons. The number of nitrogens with zero attached hydrogens (tertiary/aromatic N) is 3. The van der Waals surface area contributed by atoms with Crippen molar-refractivity contribution in [1.29, 1.82) is 0 Å². The summed E-state index contributed by atoms with van der Waals surface area (Å²) in [5.74, 6) is -0.0612. The number of fused-ring (bicyclic) bond motifs is 1. The van der Waals surface area contributed by atoms with E-state index >= 15 is 0 Å². The number of hydrogen-bond donors (Lipinski definition) is 0. The fraction of sp³-hybridized carbons (Fsp3) is 0.136. The lowest BCUT2D eigenvalue weighted by Gasteiger charge is -2.20. The fourth-order valence-corrected chi connectivity index (χ4v) is 4.92. The number of amides is 1. The number of thioether (sulfide) groups is 2. The van der Waals surface area contributed by atoms with E-state index in [2.05, 4.69) is 23.4 Å². The van der Waals surface area contributed by atoms with E-state index in [0.29, 0.717) is 17.2 Å². The number of thiazole rings is 1. The maximum atomic E-state index is 13.5. The van der Waals surface area contributed by atoms with E-state index in [-0.39, 0.29) is 5.91 Å². The van der Waals surface area contributed by atoms with Gasteiger partial charge in [0.25, 0.3) is 5.91 Å². The van der Waals surface area contributed by atoms with Gasteiger partial charge in [-0.1, -0.05) is 23.5 Å². The third-order valence-corrected chi connectivity index (χ3v) is 6.93. The third kappa shape index (κ3) is 4.47. The van der Waals surface area contributed by atoms with E-state index in [1.807, 2.05) is 48.7 Å². The molecular formula is C22H19N3OS3. The smallest absolute Gasteiger partial charge is 0.260 e. The van der Waals surface area contributed by atoms with Crippen molar-refractivity contribution in [3.8, 4) is 0 Å². The van der Waals surface area contributed by atoms with Gasteiger partial charge in [-0.05, 0) is 60.5 Å². The first-order valence-corrected chi connectivity index (χ1v) is 12.2. The number of hydrogen-bond acceptors (Lipinski definition) is 6. The molecule has 0 saturated heterocycles. The molecule has 0 unspecified atom stereocenters. The van der Waals surface area contributed by atoms with Crippen molar-refractivity contribution in [2.24, 2.45) is 0 Å². The van der Waals surface area contributed by atoms with Crippen molar-refractivity contribution in [2.45, 2.75) is 16.3 Å². The summed E-state index contributed by atoms with van der Waals surface area (Å²) >= 11 is 4.86. The molecule has 0 aliphatic carbocycles. The van der Waals surface area contributed by atoms with Crippen LogP contribution in [-0.4, -0.2) is 28.4 Å². The zero-order chi connectivity index (χ0) is 20.2. The molecule has 4 nitrogen and oxygen atoms in total. The zero-order valence-electron chi connectivity index (χ0n) is 16.0. The summed E-state index contributed by atoms with van der Waals surface area (Å²) in [6.07, 6.45) is 7.59. The van der Waals surface area contributed by atoms with Crippen molar-refractivity contribution in [2.75, 3.05) is 17.4 Å². The van der Waals surface area contributed by atoms with Crippen molar-refractivity contribution < 1.29 is 4.79 Å². The fourth-order valence-electron chi connectivity index (χ4n) is 2.95. The number of carbonyl (C=O) groups excluding carboxylic acids is 1. The molecule has 4 aromatic rings. The Labute approximate surface area is 182 Å². The van der Waals surface area contributed by atoms with Gasteiger partial charge in [0, 0.05) is 27.7 Å². The summed E-state index contributed by atoms with van der Waals surface area (Å²) in [6.45, 7) is 0.422. The van der Waals surface area contributed by atoms with E-state index in [4.69, 9.17) is 4.98 Å². The molecule has 4 rings (SSSR count). The normalized spacial score (nSPS) is 11.0. The standard InChI is InChI=1S/C22H19N3OS3/c1-27-17-7-3-6-16(11-17)21(26)25(14-15-5-4-10-23-13-15)22-24-19-9-8-18(28-2)12-20(19)29-22/h3-13H,14H2,1-2H3. The van der Waals surface area contributed by atoms with Gasteiger partial charge in [0.1, 0.15) is 0 Å². The molecule has 0 radical (unpaired) electrons. The summed E-state index contributed by atoms with van der Waals surface area (Å²) < 4.78 is 1.08. The summed E-state index contributed by atoms with van der Waals surface area (Å²) in [6, 6.07) is 17.8. The molecule has 7 heteroatoms. The van der Waals surface area contributed by atoms with Crippen LogP contribution in [0.25, 0.3) is 10.2 Å². The summed E-state index contributed by atoms with van der Waals surface area (Å²) in [5, 5.41) is 0.696. The minimum absolute atomic E-state index is 0.0612. The molecule has 0 spiro atoms. The number of rotatable bonds is 6. The molecular weight excluding hydrogens is 418 g/mol. The van der Waals surface area contributed by atoms with Crippen LogP contribution in [0.3, 0.4) is 0 Å². The Morgan fingerprint density at radius 1 is 1.03 bits per heavy atom. The quantitative estimate of drug-likeness (QED) is 0.347. The van der Waals surface area contributed by atoms with Gasteiger partial charge in [0.15, 0.2) is 5.13 Å². The van der Waals surface area contributed by atoms with Gasteiger partial charge >= 0.3 is 0 Å². The first-order valence-electron chi connectivity index (χ1n) is 8.97. The first-order chi connectivity index (χ1) is 14.2. The van der Waals surface area contributed by atoms with Crippen molar-refractivity contribution >= 4 is 56.1 Å².